The molecule has 1 aromatic heterocycles. The second-order valence-electron chi connectivity index (χ2n) is 6.12. The van der Waals surface area contributed by atoms with Crippen LogP contribution < -0.4 is 11.0 Å². The van der Waals surface area contributed by atoms with Gasteiger partial charge in [0, 0.05) is 29.6 Å². The van der Waals surface area contributed by atoms with Gasteiger partial charge in [-0.25, -0.2) is 4.79 Å². The molecule has 0 saturated carbocycles. The molecule has 0 spiro atoms. The first-order chi connectivity index (χ1) is 12.6. The van der Waals surface area contributed by atoms with Crippen LogP contribution in [0.2, 0.25) is 0 Å². The maximum Gasteiger partial charge on any atom is 0.351 e. The average molecular weight is 356 g/mol. The zero-order valence-corrected chi connectivity index (χ0v) is 14.3. The summed E-state index contributed by atoms with van der Waals surface area (Å²) in [6.45, 7) is 2.13. The SMILES string of the molecule is Cc1cn([C@H]2C[C@H](N=[N+]=[N-])[C@@H](CO)O2)c(=O)nc1NCc1ccccc1. The monoisotopic (exact) mass is 356 g/mol. The van der Waals surface area contributed by atoms with Gasteiger partial charge in [0.1, 0.15) is 12.0 Å². The number of azide groups is 1. The van der Waals surface area contributed by atoms with E-state index in [1.165, 1.54) is 4.57 Å². The quantitative estimate of drug-likeness (QED) is 0.466. The third-order valence-corrected chi connectivity index (χ3v) is 4.33. The maximum absolute atomic E-state index is 12.4. The lowest BCUT2D eigenvalue weighted by Crippen LogP contribution is -2.29. The summed E-state index contributed by atoms with van der Waals surface area (Å²) in [6.07, 6.45) is 0.733. The number of nitrogens with one attached hydrogen (secondary N) is 1. The largest absolute Gasteiger partial charge is 0.394 e. The predicted octanol–water partition coefficient (Wildman–Crippen LogP) is 2.12. The van der Waals surface area contributed by atoms with Crippen LogP contribution in [0.25, 0.3) is 10.4 Å². The number of aryl methyl sites for hydroxylation is 1. The van der Waals surface area contributed by atoms with Crippen LogP contribution in [0.5, 0.6) is 0 Å². The molecule has 2 heterocycles. The van der Waals surface area contributed by atoms with E-state index in [0.29, 0.717) is 18.8 Å². The highest BCUT2D eigenvalue weighted by Gasteiger charge is 2.35. The summed E-state index contributed by atoms with van der Waals surface area (Å²) in [5.74, 6) is 0.512. The Morgan fingerprint density at radius 2 is 2.23 bits per heavy atom. The van der Waals surface area contributed by atoms with Crippen molar-refractivity contribution in [3.63, 3.8) is 0 Å². The van der Waals surface area contributed by atoms with E-state index in [1.807, 2.05) is 37.3 Å². The topological polar surface area (TPSA) is 125 Å². The molecule has 136 valence electrons. The van der Waals surface area contributed by atoms with Crippen molar-refractivity contribution in [1.29, 1.82) is 0 Å². The standard InChI is InChI=1S/C17H20N6O3/c1-11-9-23(15-7-13(21-22-18)14(10-24)26-15)17(25)20-16(11)19-8-12-5-3-2-4-6-12/h2-6,9,13-15,24H,7-8,10H2,1H3,(H,19,20,25)/t13-,14+,15+/m0/s1. The predicted molar refractivity (Wildman–Crippen MR) is 95.5 cm³/mol. The zero-order chi connectivity index (χ0) is 18.5. The summed E-state index contributed by atoms with van der Waals surface area (Å²) < 4.78 is 7.03. The molecule has 0 unspecified atom stereocenters. The van der Waals surface area contributed by atoms with Crippen LogP contribution in [0.4, 0.5) is 5.82 Å². The van der Waals surface area contributed by atoms with Crippen LogP contribution in [0, 0.1) is 6.92 Å². The molecule has 26 heavy (non-hydrogen) atoms. The molecule has 3 atom stereocenters. The van der Waals surface area contributed by atoms with Crippen LogP contribution in [0.1, 0.15) is 23.8 Å². The average Bonchev–Trinajstić information content (AvgIpc) is 3.06. The maximum atomic E-state index is 12.4. The number of anilines is 1. The van der Waals surface area contributed by atoms with E-state index in [0.717, 1.165) is 11.1 Å². The first kappa shape index (κ1) is 17.9. The molecule has 0 radical (unpaired) electrons. The van der Waals surface area contributed by atoms with Gasteiger partial charge in [-0.3, -0.25) is 4.57 Å². The van der Waals surface area contributed by atoms with Gasteiger partial charge < -0.3 is 15.2 Å². The number of benzene rings is 1. The molecule has 2 aromatic rings. The van der Waals surface area contributed by atoms with Gasteiger partial charge >= 0.3 is 5.69 Å². The molecule has 9 nitrogen and oxygen atoms in total. The fraction of sp³-hybridized carbons (Fsp3) is 0.412. The second-order valence-corrected chi connectivity index (χ2v) is 6.12. The molecule has 2 N–H and O–H groups in total. The van der Waals surface area contributed by atoms with Gasteiger partial charge in [-0.15, -0.1) is 0 Å². The fourth-order valence-corrected chi connectivity index (χ4v) is 2.97. The van der Waals surface area contributed by atoms with E-state index in [9.17, 15) is 9.90 Å². The summed E-state index contributed by atoms with van der Waals surface area (Å²) in [5, 5.41) is 16.1. The van der Waals surface area contributed by atoms with Crippen molar-refractivity contribution in [2.24, 2.45) is 5.11 Å². The first-order valence-corrected chi connectivity index (χ1v) is 8.30. The highest BCUT2D eigenvalue weighted by Crippen LogP contribution is 2.30. The van der Waals surface area contributed by atoms with E-state index in [2.05, 4.69) is 20.3 Å². The Bertz CT molecular complexity index is 863. The van der Waals surface area contributed by atoms with E-state index in [4.69, 9.17) is 10.3 Å². The minimum absolute atomic E-state index is 0.280. The Morgan fingerprint density at radius 3 is 2.92 bits per heavy atom. The Morgan fingerprint density at radius 1 is 1.46 bits per heavy atom. The number of hydrogen-bond acceptors (Lipinski definition) is 6. The Hall–Kier alpha value is -2.87. The van der Waals surface area contributed by atoms with E-state index in [1.54, 1.807) is 6.20 Å². The molecule has 1 saturated heterocycles. The van der Waals surface area contributed by atoms with Gasteiger partial charge in [0.2, 0.25) is 0 Å². The highest BCUT2D eigenvalue weighted by molar-refractivity contribution is 5.42. The molecule has 3 rings (SSSR count). The number of nitrogens with zero attached hydrogens (tertiary/aromatic N) is 5. The minimum atomic E-state index is -0.626. The molecular formula is C17H20N6O3. The summed E-state index contributed by atoms with van der Waals surface area (Å²) >= 11 is 0. The Labute approximate surface area is 149 Å². The third-order valence-electron chi connectivity index (χ3n) is 4.33. The van der Waals surface area contributed by atoms with Crippen molar-refractivity contribution in [3.8, 4) is 0 Å². The van der Waals surface area contributed by atoms with Gasteiger partial charge in [-0.1, -0.05) is 35.4 Å². The molecular weight excluding hydrogens is 336 g/mol. The summed E-state index contributed by atoms with van der Waals surface area (Å²) in [4.78, 5) is 19.3. The Balaban J connectivity index is 1.77. The van der Waals surface area contributed by atoms with Crippen LogP contribution in [0.3, 0.4) is 0 Å². The zero-order valence-electron chi connectivity index (χ0n) is 14.3. The summed E-state index contributed by atoms with van der Waals surface area (Å²) in [7, 11) is 0. The third kappa shape index (κ3) is 3.85. The molecule has 1 aliphatic rings. The van der Waals surface area contributed by atoms with Crippen LogP contribution in [0.15, 0.2) is 46.4 Å². The molecule has 0 bridgehead atoms. The van der Waals surface area contributed by atoms with E-state index >= 15 is 0 Å². The Kier molecular flexibility index (Phi) is 5.52. The van der Waals surface area contributed by atoms with Gasteiger partial charge in [0.05, 0.1) is 18.8 Å². The normalized spacial score (nSPS) is 22.0. The molecule has 0 aliphatic carbocycles. The number of hydrogen-bond donors (Lipinski definition) is 2. The van der Waals surface area contributed by atoms with Crippen molar-refractivity contribution in [1.82, 2.24) is 9.55 Å². The first-order valence-electron chi connectivity index (χ1n) is 8.30. The van der Waals surface area contributed by atoms with Crippen LogP contribution in [-0.4, -0.2) is 33.4 Å². The van der Waals surface area contributed by atoms with E-state index in [-0.39, 0.29) is 6.61 Å². The van der Waals surface area contributed by atoms with Gasteiger partial charge in [0.25, 0.3) is 0 Å². The number of aliphatic hydroxyl groups is 1. The van der Waals surface area contributed by atoms with E-state index < -0.39 is 24.1 Å². The van der Waals surface area contributed by atoms with Crippen molar-refractivity contribution in [2.45, 2.75) is 38.3 Å². The molecule has 0 amide bonds. The number of ether oxygens (including phenoxy) is 1. The van der Waals surface area contributed by atoms with Crippen molar-refractivity contribution < 1.29 is 9.84 Å². The van der Waals surface area contributed by atoms with Crippen LogP contribution >= 0.6 is 0 Å². The van der Waals surface area contributed by atoms with Gasteiger partial charge in [0.15, 0.2) is 0 Å². The van der Waals surface area contributed by atoms with Crippen molar-refractivity contribution in [2.75, 3.05) is 11.9 Å². The molecule has 1 fully saturated rings. The lowest BCUT2D eigenvalue weighted by atomic mass is 10.1. The smallest absolute Gasteiger partial charge is 0.351 e. The number of rotatable bonds is 6. The summed E-state index contributed by atoms with van der Waals surface area (Å²) in [5.41, 5.74) is 10.0. The molecule has 9 heteroatoms. The van der Waals surface area contributed by atoms with Crippen molar-refractivity contribution in [3.05, 3.63) is 68.6 Å². The lowest BCUT2D eigenvalue weighted by Gasteiger charge is -2.17. The minimum Gasteiger partial charge on any atom is -0.394 e. The lowest BCUT2D eigenvalue weighted by molar-refractivity contribution is -0.0270. The number of aromatic nitrogens is 2. The molecule has 1 aliphatic heterocycles. The van der Waals surface area contributed by atoms with Gasteiger partial charge in [-0.05, 0) is 18.0 Å². The highest BCUT2D eigenvalue weighted by atomic mass is 16.5. The van der Waals surface area contributed by atoms with Gasteiger partial charge in [-0.2, -0.15) is 4.98 Å². The fourth-order valence-electron chi connectivity index (χ4n) is 2.97. The van der Waals surface area contributed by atoms with Crippen molar-refractivity contribution >= 4 is 5.82 Å². The second kappa shape index (κ2) is 8.01. The summed E-state index contributed by atoms with van der Waals surface area (Å²) in [6, 6.07) is 9.30. The molecule has 1 aromatic carbocycles. The number of aliphatic hydroxyl groups excluding tert-OH is 1. The van der Waals surface area contributed by atoms with Crippen LogP contribution in [-0.2, 0) is 11.3 Å².